The summed E-state index contributed by atoms with van der Waals surface area (Å²) in [4.78, 5) is 9.85. The standard InChI is InChI=1S/C17H19ClN4/c1-22(2)15(13-5-3-4-6-14(13)18)11-20-16-8-7-12-9-10-19-17(12)21-16/h3-10,15H,11H2,1-2H3,(H2,19,20,21). The number of anilines is 1. The van der Waals surface area contributed by atoms with Gasteiger partial charge in [-0.3, -0.25) is 0 Å². The molecule has 0 aliphatic heterocycles. The van der Waals surface area contributed by atoms with E-state index in [4.69, 9.17) is 11.6 Å². The van der Waals surface area contributed by atoms with E-state index in [9.17, 15) is 0 Å². The highest BCUT2D eigenvalue weighted by atomic mass is 35.5. The fourth-order valence-electron chi connectivity index (χ4n) is 2.55. The van der Waals surface area contributed by atoms with Crippen molar-refractivity contribution in [2.75, 3.05) is 26.0 Å². The van der Waals surface area contributed by atoms with Gasteiger partial charge >= 0.3 is 0 Å². The van der Waals surface area contributed by atoms with E-state index < -0.39 is 0 Å². The molecule has 22 heavy (non-hydrogen) atoms. The zero-order chi connectivity index (χ0) is 15.5. The number of H-pyrrole nitrogens is 1. The van der Waals surface area contributed by atoms with E-state index in [2.05, 4.69) is 46.4 Å². The summed E-state index contributed by atoms with van der Waals surface area (Å²) in [6.45, 7) is 0.732. The van der Waals surface area contributed by atoms with Crippen LogP contribution in [-0.4, -0.2) is 35.5 Å². The maximum atomic E-state index is 6.33. The number of nitrogens with zero attached hydrogens (tertiary/aromatic N) is 2. The summed E-state index contributed by atoms with van der Waals surface area (Å²) in [6.07, 6.45) is 1.90. The third-order valence-electron chi connectivity index (χ3n) is 3.77. The molecule has 0 saturated heterocycles. The van der Waals surface area contributed by atoms with Crippen LogP contribution in [0.15, 0.2) is 48.7 Å². The smallest absolute Gasteiger partial charge is 0.139 e. The number of aromatic nitrogens is 2. The summed E-state index contributed by atoms with van der Waals surface area (Å²) >= 11 is 6.33. The molecule has 0 aliphatic carbocycles. The van der Waals surface area contributed by atoms with E-state index in [0.717, 1.165) is 34.0 Å². The van der Waals surface area contributed by atoms with E-state index in [1.807, 2.05) is 36.5 Å². The van der Waals surface area contributed by atoms with Crippen molar-refractivity contribution in [1.82, 2.24) is 14.9 Å². The van der Waals surface area contributed by atoms with Crippen molar-refractivity contribution in [3.05, 3.63) is 59.2 Å². The largest absolute Gasteiger partial charge is 0.368 e. The van der Waals surface area contributed by atoms with Gasteiger partial charge in [0, 0.05) is 23.2 Å². The number of rotatable bonds is 5. The summed E-state index contributed by atoms with van der Waals surface area (Å²) < 4.78 is 0. The number of fused-ring (bicyclic) bond motifs is 1. The predicted molar refractivity (Wildman–Crippen MR) is 92.5 cm³/mol. The second-order valence-corrected chi connectivity index (χ2v) is 5.90. The van der Waals surface area contributed by atoms with Crippen molar-refractivity contribution in [2.24, 2.45) is 0 Å². The lowest BCUT2D eigenvalue weighted by Gasteiger charge is -2.26. The van der Waals surface area contributed by atoms with Crippen LogP contribution < -0.4 is 5.32 Å². The molecule has 2 aromatic heterocycles. The molecule has 0 radical (unpaired) electrons. The molecule has 0 spiro atoms. The molecule has 2 heterocycles. The molecule has 0 amide bonds. The lowest BCUT2D eigenvalue weighted by molar-refractivity contribution is 0.312. The molecule has 114 valence electrons. The summed E-state index contributed by atoms with van der Waals surface area (Å²) in [5.41, 5.74) is 2.01. The lowest BCUT2D eigenvalue weighted by Crippen LogP contribution is -2.27. The molecule has 2 N–H and O–H groups in total. The third kappa shape index (κ3) is 3.08. The summed E-state index contributed by atoms with van der Waals surface area (Å²) in [5, 5.41) is 5.30. The van der Waals surface area contributed by atoms with E-state index >= 15 is 0 Å². The normalized spacial score (nSPS) is 12.7. The Morgan fingerprint density at radius 2 is 2.00 bits per heavy atom. The molecule has 0 fully saturated rings. The Morgan fingerprint density at radius 1 is 1.18 bits per heavy atom. The minimum atomic E-state index is 0.176. The van der Waals surface area contributed by atoms with Crippen LogP contribution in [-0.2, 0) is 0 Å². The van der Waals surface area contributed by atoms with E-state index in [1.54, 1.807) is 0 Å². The van der Waals surface area contributed by atoms with Crippen LogP contribution in [0.5, 0.6) is 0 Å². The van der Waals surface area contributed by atoms with Gasteiger partial charge in [-0.25, -0.2) is 4.98 Å². The molecule has 1 unspecified atom stereocenters. The molecule has 3 aromatic rings. The second-order valence-electron chi connectivity index (χ2n) is 5.49. The topological polar surface area (TPSA) is 44.0 Å². The van der Waals surface area contributed by atoms with Gasteiger partial charge in [-0.15, -0.1) is 0 Å². The molecular weight excluding hydrogens is 296 g/mol. The van der Waals surface area contributed by atoms with Gasteiger partial charge in [0.1, 0.15) is 11.5 Å². The first-order valence-electron chi connectivity index (χ1n) is 7.24. The molecule has 0 saturated carbocycles. The monoisotopic (exact) mass is 314 g/mol. The quantitative estimate of drug-likeness (QED) is 0.750. The van der Waals surface area contributed by atoms with Gasteiger partial charge in [0.05, 0.1) is 6.04 Å². The van der Waals surface area contributed by atoms with E-state index in [-0.39, 0.29) is 6.04 Å². The molecule has 4 nitrogen and oxygen atoms in total. The summed E-state index contributed by atoms with van der Waals surface area (Å²) in [6, 6.07) is 14.2. The molecule has 3 rings (SSSR count). The highest BCUT2D eigenvalue weighted by Crippen LogP contribution is 2.26. The molecule has 1 atom stereocenters. The Labute approximate surface area is 135 Å². The van der Waals surface area contributed by atoms with Crippen LogP contribution in [0.4, 0.5) is 5.82 Å². The number of aromatic amines is 1. The Bertz CT molecular complexity index is 766. The van der Waals surface area contributed by atoms with Crippen LogP contribution in [0.1, 0.15) is 11.6 Å². The van der Waals surface area contributed by atoms with Gasteiger partial charge in [-0.2, -0.15) is 0 Å². The van der Waals surface area contributed by atoms with Crippen molar-refractivity contribution in [1.29, 1.82) is 0 Å². The van der Waals surface area contributed by atoms with Crippen molar-refractivity contribution in [2.45, 2.75) is 6.04 Å². The number of pyridine rings is 1. The van der Waals surface area contributed by atoms with Gasteiger partial charge < -0.3 is 15.2 Å². The SMILES string of the molecule is CN(C)C(CNc1ccc2cc[nH]c2n1)c1ccccc1Cl. The van der Waals surface area contributed by atoms with Crippen molar-refractivity contribution in [3.8, 4) is 0 Å². The fourth-order valence-corrected chi connectivity index (χ4v) is 2.81. The first-order chi connectivity index (χ1) is 10.6. The average molecular weight is 315 g/mol. The summed E-state index contributed by atoms with van der Waals surface area (Å²) in [5.74, 6) is 0.855. The van der Waals surface area contributed by atoms with Crippen molar-refractivity contribution < 1.29 is 0 Å². The lowest BCUT2D eigenvalue weighted by atomic mass is 10.1. The molecular formula is C17H19ClN4. The number of halogens is 1. The molecule has 1 aromatic carbocycles. The Morgan fingerprint density at radius 3 is 2.77 bits per heavy atom. The third-order valence-corrected chi connectivity index (χ3v) is 4.12. The van der Waals surface area contributed by atoms with Crippen LogP contribution in [0.3, 0.4) is 0 Å². The second kappa shape index (κ2) is 6.38. The number of hydrogen-bond acceptors (Lipinski definition) is 3. The Hall–Kier alpha value is -2.04. The van der Waals surface area contributed by atoms with Gasteiger partial charge in [-0.1, -0.05) is 29.8 Å². The number of nitrogens with one attached hydrogen (secondary N) is 2. The highest BCUT2D eigenvalue weighted by molar-refractivity contribution is 6.31. The zero-order valence-corrected chi connectivity index (χ0v) is 13.4. The van der Waals surface area contributed by atoms with Gasteiger partial charge in [0.2, 0.25) is 0 Å². The Kier molecular flexibility index (Phi) is 4.32. The number of benzene rings is 1. The molecule has 0 aliphatic rings. The first kappa shape index (κ1) is 14.9. The average Bonchev–Trinajstić information content (AvgIpc) is 2.96. The first-order valence-corrected chi connectivity index (χ1v) is 7.62. The molecule has 0 bridgehead atoms. The van der Waals surface area contributed by atoms with Gasteiger partial charge in [-0.05, 0) is 43.9 Å². The van der Waals surface area contributed by atoms with E-state index in [0.29, 0.717) is 0 Å². The van der Waals surface area contributed by atoms with E-state index in [1.165, 1.54) is 0 Å². The summed E-state index contributed by atoms with van der Waals surface area (Å²) in [7, 11) is 4.11. The number of likely N-dealkylation sites (N-methyl/N-ethyl adjacent to an activating group) is 1. The van der Waals surface area contributed by atoms with Crippen molar-refractivity contribution >= 4 is 28.5 Å². The molecule has 5 heteroatoms. The maximum absolute atomic E-state index is 6.33. The van der Waals surface area contributed by atoms with Crippen LogP contribution >= 0.6 is 11.6 Å². The fraction of sp³-hybridized carbons (Fsp3) is 0.235. The zero-order valence-electron chi connectivity index (χ0n) is 12.7. The Balaban J connectivity index is 1.78. The van der Waals surface area contributed by atoms with Gasteiger partial charge in [0.15, 0.2) is 0 Å². The van der Waals surface area contributed by atoms with Crippen LogP contribution in [0.25, 0.3) is 11.0 Å². The van der Waals surface area contributed by atoms with Crippen LogP contribution in [0, 0.1) is 0 Å². The predicted octanol–water partition coefficient (Wildman–Crippen LogP) is 3.93. The highest BCUT2D eigenvalue weighted by Gasteiger charge is 2.16. The van der Waals surface area contributed by atoms with Crippen molar-refractivity contribution in [3.63, 3.8) is 0 Å². The maximum Gasteiger partial charge on any atom is 0.139 e. The van der Waals surface area contributed by atoms with Gasteiger partial charge in [0.25, 0.3) is 0 Å². The minimum absolute atomic E-state index is 0.176. The number of hydrogen-bond donors (Lipinski definition) is 2. The minimum Gasteiger partial charge on any atom is -0.368 e. The van der Waals surface area contributed by atoms with Crippen LogP contribution in [0.2, 0.25) is 5.02 Å².